The number of esters is 2. The van der Waals surface area contributed by atoms with Gasteiger partial charge in [0, 0.05) is 12.1 Å². The monoisotopic (exact) mass is 661 g/mol. The van der Waals surface area contributed by atoms with Crippen molar-refractivity contribution in [1.82, 2.24) is 4.90 Å². The van der Waals surface area contributed by atoms with E-state index in [2.05, 4.69) is 49.6 Å². The van der Waals surface area contributed by atoms with E-state index in [9.17, 15) is 43.0 Å². The molecule has 0 bridgehead atoms. The molecule has 0 saturated heterocycles. The largest absolute Gasteiger partial charge is 0.465 e. The summed E-state index contributed by atoms with van der Waals surface area (Å²) in [4.78, 5) is 43.0. The summed E-state index contributed by atoms with van der Waals surface area (Å²) in [6, 6.07) is 6.46. The van der Waals surface area contributed by atoms with Crippen LogP contribution in [0.25, 0.3) is 0 Å². The Morgan fingerprint density at radius 1 is 0.783 bits per heavy atom. The van der Waals surface area contributed by atoms with Gasteiger partial charge in [0.2, 0.25) is 17.5 Å². The summed E-state index contributed by atoms with van der Waals surface area (Å²) in [5, 5.41) is 23.3. The number of hydrogen-bond acceptors (Lipinski definition) is 11. The molecule has 0 fully saturated rings. The van der Waals surface area contributed by atoms with E-state index in [1.54, 1.807) is 20.8 Å². The Hall–Kier alpha value is -4.31. The van der Waals surface area contributed by atoms with E-state index in [-0.39, 0.29) is 18.3 Å². The molecule has 2 atom stereocenters. The van der Waals surface area contributed by atoms with Crippen LogP contribution in [-0.2, 0) is 19.1 Å². The van der Waals surface area contributed by atoms with Gasteiger partial charge in [0.25, 0.3) is 0 Å². The number of carbonyl (C=O) groups excluding carboxylic acids is 2. The Morgan fingerprint density at radius 3 is 1.46 bits per heavy atom. The van der Waals surface area contributed by atoms with Crippen LogP contribution in [0.2, 0.25) is 0 Å². The lowest BCUT2D eigenvalue weighted by atomic mass is 10.2. The van der Waals surface area contributed by atoms with Gasteiger partial charge < -0.3 is 20.5 Å². The zero-order valence-corrected chi connectivity index (χ0v) is 27.7. The first kappa shape index (κ1) is 43.8. The Balaban J connectivity index is 0. The maximum atomic E-state index is 13.3. The molecule has 0 aromatic heterocycles. The van der Waals surface area contributed by atoms with Crippen LogP contribution < -0.4 is 11.1 Å². The molecule has 0 aliphatic rings. The van der Waals surface area contributed by atoms with Crippen LogP contribution in [0.3, 0.4) is 0 Å². The minimum atomic E-state index is -1.16. The summed E-state index contributed by atoms with van der Waals surface area (Å²) in [5.41, 5.74) is 3.30. The molecule has 0 aliphatic heterocycles. The third-order valence-corrected chi connectivity index (χ3v) is 5.65. The number of nitrogens with two attached hydrogens (primary N) is 1. The molecular weight excluding hydrogens is 615 g/mol. The lowest BCUT2D eigenvalue weighted by Gasteiger charge is -2.28. The quantitative estimate of drug-likeness (QED) is 0.164. The molecule has 0 amide bonds. The Morgan fingerprint density at radius 2 is 1.17 bits per heavy atom. The highest BCUT2D eigenvalue weighted by Gasteiger charge is 2.23. The minimum Gasteiger partial charge on any atom is -0.465 e. The second-order valence-electron chi connectivity index (χ2n) is 9.90. The Labute approximate surface area is 267 Å². The minimum absolute atomic E-state index is 0.0550. The molecule has 0 spiro atoms. The summed E-state index contributed by atoms with van der Waals surface area (Å²) >= 11 is 0. The van der Waals surface area contributed by atoms with Gasteiger partial charge in [-0.2, -0.15) is 13.2 Å². The zero-order valence-electron chi connectivity index (χ0n) is 27.7. The van der Waals surface area contributed by atoms with Gasteiger partial charge in [-0.05, 0) is 86.2 Å². The van der Waals surface area contributed by atoms with Gasteiger partial charge in [-0.15, -0.1) is 0 Å². The van der Waals surface area contributed by atoms with Crippen molar-refractivity contribution in [2.45, 2.75) is 86.5 Å². The number of para-hydroxylation sites is 2. The number of benzene rings is 2. The molecular formula is C30H46F3N5O8. The molecule has 2 aromatic rings. The number of nitro benzene ring substituents is 2. The lowest BCUT2D eigenvalue weighted by molar-refractivity contribution is -0.390. The third-order valence-electron chi connectivity index (χ3n) is 5.65. The van der Waals surface area contributed by atoms with Crippen LogP contribution in [-0.4, -0.2) is 70.6 Å². The lowest BCUT2D eigenvalue weighted by Crippen LogP contribution is -2.36. The van der Waals surface area contributed by atoms with Gasteiger partial charge in [-0.25, -0.2) is 4.79 Å². The summed E-state index contributed by atoms with van der Waals surface area (Å²) in [5.74, 6) is -4.17. The number of halogens is 3. The number of nitrogens with one attached hydrogen (secondary N) is 1. The van der Waals surface area contributed by atoms with Crippen molar-refractivity contribution in [2.75, 3.05) is 25.1 Å². The molecule has 2 unspecified atom stereocenters. The summed E-state index contributed by atoms with van der Waals surface area (Å²) in [7, 11) is 0. The topological polar surface area (TPSA) is 180 Å². The first-order valence-corrected chi connectivity index (χ1v) is 14.5. The van der Waals surface area contributed by atoms with Crippen molar-refractivity contribution in [3.8, 4) is 0 Å². The molecule has 2 aromatic carbocycles. The van der Waals surface area contributed by atoms with Crippen LogP contribution >= 0.6 is 0 Å². The Kier molecular flexibility index (Phi) is 22.0. The standard InChI is InChI=1S/C11H13FN2O4.C8H19N.C6H3F2NO2.C5H11NO2/c1-3-18-11(15)7(2)13-9-6-4-5-8(12)10(9)14(16)17;1-6-9(7(2)3)8(4)5;7-4-2-1-3-5(8)6(4)9(10)11;1-3-8-5(7)4(2)6/h4-7,13H,3H2,1-2H3;7-8H,6H2,1-5H3;1-3H;4H,3,6H2,1-2H3. The second kappa shape index (κ2) is 23.1. The van der Waals surface area contributed by atoms with Crippen LogP contribution in [0.15, 0.2) is 36.4 Å². The van der Waals surface area contributed by atoms with Crippen molar-refractivity contribution < 1.29 is 42.1 Å². The fraction of sp³-hybridized carbons (Fsp3) is 0.533. The fourth-order valence-electron chi connectivity index (χ4n) is 3.64. The third kappa shape index (κ3) is 16.7. The van der Waals surface area contributed by atoms with Gasteiger partial charge in [-0.3, -0.25) is 29.9 Å². The summed E-state index contributed by atoms with van der Waals surface area (Å²) in [6.45, 7) is 19.4. The molecule has 13 nitrogen and oxygen atoms in total. The van der Waals surface area contributed by atoms with Gasteiger partial charge >= 0.3 is 23.3 Å². The van der Waals surface area contributed by atoms with Crippen LogP contribution in [0.1, 0.15) is 62.3 Å². The molecule has 0 heterocycles. The smallest absolute Gasteiger partial charge is 0.340 e. The molecule has 0 saturated carbocycles. The number of ether oxygens (including phenoxy) is 2. The van der Waals surface area contributed by atoms with Crippen LogP contribution in [0.4, 0.5) is 30.2 Å². The first-order valence-electron chi connectivity index (χ1n) is 14.5. The number of nitro groups is 2. The van der Waals surface area contributed by atoms with Crippen molar-refractivity contribution in [3.05, 3.63) is 74.1 Å². The van der Waals surface area contributed by atoms with Crippen LogP contribution in [0.5, 0.6) is 0 Å². The fourth-order valence-corrected chi connectivity index (χ4v) is 3.64. The number of carbonyl (C=O) groups is 2. The normalized spacial score (nSPS) is 11.5. The molecule has 3 N–H and O–H groups in total. The highest BCUT2D eigenvalue weighted by molar-refractivity contribution is 5.80. The van der Waals surface area contributed by atoms with Crippen molar-refractivity contribution in [3.63, 3.8) is 0 Å². The van der Waals surface area contributed by atoms with E-state index in [0.29, 0.717) is 18.7 Å². The van der Waals surface area contributed by atoms with Gasteiger partial charge in [-0.1, -0.05) is 19.1 Å². The second-order valence-corrected chi connectivity index (χ2v) is 9.90. The highest BCUT2D eigenvalue weighted by atomic mass is 19.1. The molecule has 0 radical (unpaired) electrons. The predicted molar refractivity (Wildman–Crippen MR) is 169 cm³/mol. The first-order chi connectivity index (χ1) is 21.4. The van der Waals surface area contributed by atoms with Crippen molar-refractivity contribution in [2.24, 2.45) is 5.73 Å². The van der Waals surface area contributed by atoms with E-state index in [4.69, 9.17) is 10.5 Å². The van der Waals surface area contributed by atoms with Gasteiger partial charge in [0.05, 0.1) is 23.1 Å². The molecule has 0 aliphatic carbocycles. The summed E-state index contributed by atoms with van der Waals surface area (Å²) in [6.07, 6.45) is 0. The number of hydrogen-bond donors (Lipinski definition) is 2. The van der Waals surface area contributed by atoms with Crippen molar-refractivity contribution >= 4 is 29.0 Å². The molecule has 46 heavy (non-hydrogen) atoms. The average molecular weight is 662 g/mol. The van der Waals surface area contributed by atoms with Crippen LogP contribution in [0, 0.1) is 37.7 Å². The van der Waals surface area contributed by atoms with E-state index < -0.39 is 56.7 Å². The maximum Gasteiger partial charge on any atom is 0.340 e. The molecule has 260 valence electrons. The molecule has 2 rings (SSSR count). The van der Waals surface area contributed by atoms with E-state index in [0.717, 1.165) is 30.8 Å². The Bertz CT molecular complexity index is 1220. The molecule has 16 heteroatoms. The zero-order chi connectivity index (χ0) is 36.1. The number of anilines is 1. The van der Waals surface area contributed by atoms with E-state index in [1.807, 2.05) is 0 Å². The van der Waals surface area contributed by atoms with Gasteiger partial charge in [0.1, 0.15) is 17.8 Å². The van der Waals surface area contributed by atoms with Gasteiger partial charge in [0.15, 0.2) is 0 Å². The SMILES string of the molecule is CCN(C(C)C)C(C)C.CCOC(=O)C(C)N.CCOC(=O)C(C)Nc1cccc(F)c1[N+](=O)[O-].O=[N+]([O-])c1c(F)cccc1F. The van der Waals surface area contributed by atoms with Crippen molar-refractivity contribution in [1.29, 1.82) is 0 Å². The predicted octanol–water partition coefficient (Wildman–Crippen LogP) is 5.99. The number of rotatable bonds is 11. The maximum absolute atomic E-state index is 13.3. The van der Waals surface area contributed by atoms with E-state index in [1.165, 1.54) is 19.1 Å². The average Bonchev–Trinajstić information content (AvgIpc) is 2.94. The number of nitrogens with zero attached hydrogens (tertiary/aromatic N) is 3. The van der Waals surface area contributed by atoms with E-state index >= 15 is 0 Å². The summed E-state index contributed by atoms with van der Waals surface area (Å²) < 4.78 is 47.4. The highest BCUT2D eigenvalue weighted by Crippen LogP contribution is 2.27.